The number of primary amides is 1. The summed E-state index contributed by atoms with van der Waals surface area (Å²) in [6.45, 7) is 4.00. The molecule has 2 aromatic rings. The molecule has 9 heteroatoms. The Morgan fingerprint density at radius 3 is 2.42 bits per heavy atom. The van der Waals surface area contributed by atoms with Crippen molar-refractivity contribution in [1.82, 2.24) is 4.98 Å². The average molecular weight is 583 g/mol. The summed E-state index contributed by atoms with van der Waals surface area (Å²) in [6.07, 6.45) is 2.96. The molecule has 0 saturated heterocycles. The minimum Gasteiger partial charge on any atom is -0.369 e. The van der Waals surface area contributed by atoms with E-state index in [1.54, 1.807) is 15.0 Å². The fraction of sp³-hybridized carbons (Fsp3) is 0.455. The van der Waals surface area contributed by atoms with Crippen LogP contribution in [-0.4, -0.2) is 16.6 Å². The van der Waals surface area contributed by atoms with E-state index in [4.69, 9.17) is 17.3 Å². The number of nitrogens with two attached hydrogens (primary N) is 1. The van der Waals surface area contributed by atoms with Crippen molar-refractivity contribution >= 4 is 47.6 Å². The molecule has 31 heavy (non-hydrogen) atoms. The summed E-state index contributed by atoms with van der Waals surface area (Å²) in [5.41, 5.74) is 4.75. The molecule has 1 heterocycles. The molecule has 2 saturated carbocycles. The third kappa shape index (κ3) is 4.85. The van der Waals surface area contributed by atoms with E-state index in [1.807, 2.05) is 13.8 Å². The molecule has 2 aliphatic rings. The van der Waals surface area contributed by atoms with Crippen molar-refractivity contribution in [3.63, 3.8) is 0 Å². The van der Waals surface area contributed by atoms with Gasteiger partial charge in [0.15, 0.2) is 5.82 Å². The van der Waals surface area contributed by atoms with Crippen LogP contribution in [0.15, 0.2) is 18.2 Å². The highest BCUT2D eigenvalue weighted by molar-refractivity contribution is 14.2. The fourth-order valence-corrected chi connectivity index (χ4v) is 5.68. The molecular weight excluding hydrogens is 560 g/mol. The van der Waals surface area contributed by atoms with Crippen molar-refractivity contribution in [1.29, 1.82) is 0 Å². The molecule has 0 bridgehead atoms. The third-order valence-corrected chi connectivity index (χ3v) is 7.65. The van der Waals surface area contributed by atoms with Crippen LogP contribution in [0.1, 0.15) is 56.7 Å². The van der Waals surface area contributed by atoms with Gasteiger partial charge in [-0.15, -0.1) is 0 Å². The summed E-state index contributed by atoms with van der Waals surface area (Å²) < 4.78 is 43.7. The predicted molar refractivity (Wildman–Crippen MR) is 128 cm³/mol. The molecule has 0 spiro atoms. The van der Waals surface area contributed by atoms with E-state index in [-0.39, 0.29) is 27.8 Å². The Balaban J connectivity index is 0.00000132. The molecule has 1 amide bonds. The first-order valence-electron chi connectivity index (χ1n) is 10.2. The molecule has 2 aliphatic carbocycles. The smallest absolute Gasteiger partial charge is 0.228 e. The largest absolute Gasteiger partial charge is 0.369 e. The molecule has 1 atom stereocenters. The standard InChI is InChI=1S/C20H17ClF3IN2OS.C2H6/c21-13-5-10(14(22)7-15(13)23)18-17(24)12(20(3-4-20)19(26)28)6-16(27-18)11(8-29-25)9-1-2-9;1-2/h5-7,9,11H,1-4,8H2,(H2,26,28);1-2H3. The maximum Gasteiger partial charge on any atom is 0.228 e. The lowest BCUT2D eigenvalue weighted by atomic mass is 9.89. The zero-order valence-corrected chi connectivity index (χ0v) is 20.9. The molecular formula is C22H23ClF3IN2OS. The zero-order chi connectivity index (χ0) is 22.9. The van der Waals surface area contributed by atoms with Crippen molar-refractivity contribution in [3.05, 3.63) is 51.9 Å². The Labute approximate surface area is 201 Å². The lowest BCUT2D eigenvalue weighted by Crippen LogP contribution is -2.30. The molecule has 2 N–H and O–H groups in total. The first-order valence-corrected chi connectivity index (χ1v) is 14.1. The topological polar surface area (TPSA) is 56.0 Å². The van der Waals surface area contributed by atoms with Crippen molar-refractivity contribution in [2.75, 3.05) is 5.75 Å². The summed E-state index contributed by atoms with van der Waals surface area (Å²) in [6, 6.07) is 3.27. The predicted octanol–water partition coefficient (Wildman–Crippen LogP) is 6.94. The Morgan fingerprint density at radius 2 is 1.90 bits per heavy atom. The van der Waals surface area contributed by atoms with Gasteiger partial charge >= 0.3 is 0 Å². The minimum atomic E-state index is -1.09. The minimum absolute atomic E-state index is 0.0534. The second-order valence-electron chi connectivity index (χ2n) is 7.67. The van der Waals surface area contributed by atoms with Gasteiger partial charge in [0.1, 0.15) is 17.3 Å². The number of benzene rings is 1. The van der Waals surface area contributed by atoms with Crippen LogP contribution in [0, 0.1) is 23.4 Å². The van der Waals surface area contributed by atoms with E-state index >= 15 is 4.39 Å². The summed E-state index contributed by atoms with van der Waals surface area (Å²) in [4.78, 5) is 16.5. The van der Waals surface area contributed by atoms with Gasteiger partial charge in [-0.3, -0.25) is 4.79 Å². The second-order valence-corrected chi connectivity index (χ2v) is 10.5. The second kappa shape index (κ2) is 9.87. The number of carbonyl (C=O) groups is 1. The highest BCUT2D eigenvalue weighted by atomic mass is 127. The average Bonchev–Trinajstić information content (AvgIpc) is 3.64. The first-order chi connectivity index (χ1) is 14.8. The van der Waals surface area contributed by atoms with Gasteiger partial charge in [0.05, 0.1) is 10.4 Å². The highest BCUT2D eigenvalue weighted by Crippen LogP contribution is 2.52. The van der Waals surface area contributed by atoms with E-state index in [1.165, 1.54) is 0 Å². The molecule has 0 radical (unpaired) electrons. The summed E-state index contributed by atoms with van der Waals surface area (Å²) >= 11 is 8.02. The molecule has 3 nitrogen and oxygen atoms in total. The number of hydrogen-bond acceptors (Lipinski definition) is 3. The van der Waals surface area contributed by atoms with Gasteiger partial charge in [-0.25, -0.2) is 18.2 Å². The van der Waals surface area contributed by atoms with E-state index in [0.717, 1.165) is 24.7 Å². The van der Waals surface area contributed by atoms with E-state index in [0.29, 0.717) is 30.5 Å². The van der Waals surface area contributed by atoms with Crippen LogP contribution >= 0.6 is 41.7 Å². The fourth-order valence-electron chi connectivity index (χ4n) is 3.77. The van der Waals surface area contributed by atoms with Crippen LogP contribution in [0.4, 0.5) is 13.2 Å². The van der Waals surface area contributed by atoms with E-state index in [2.05, 4.69) is 26.2 Å². The maximum atomic E-state index is 15.5. The van der Waals surface area contributed by atoms with Crippen molar-refractivity contribution < 1.29 is 18.0 Å². The monoisotopic (exact) mass is 582 g/mol. The SMILES string of the molecule is CC.NC(=O)C1(c2cc(C(CSI)C3CC3)nc(-c3cc(Cl)c(F)cc3F)c2F)CC1. The van der Waals surface area contributed by atoms with Gasteiger partial charge in [-0.2, -0.15) is 0 Å². The van der Waals surface area contributed by atoms with Gasteiger partial charge in [-0.05, 0) is 64.9 Å². The van der Waals surface area contributed by atoms with Crippen molar-refractivity contribution in [2.45, 2.75) is 50.9 Å². The van der Waals surface area contributed by atoms with Crippen LogP contribution in [-0.2, 0) is 10.2 Å². The summed E-state index contributed by atoms with van der Waals surface area (Å²) in [7, 11) is 1.62. The Bertz CT molecular complexity index is 999. The quantitative estimate of drug-likeness (QED) is 0.284. The first kappa shape index (κ1) is 24.6. The number of hydrogen-bond donors (Lipinski definition) is 1. The number of rotatable bonds is 7. The molecule has 1 aromatic carbocycles. The molecule has 4 rings (SSSR count). The van der Waals surface area contributed by atoms with Crippen LogP contribution in [0.3, 0.4) is 0 Å². The number of aromatic nitrogens is 1. The molecule has 2 fully saturated rings. The Morgan fingerprint density at radius 1 is 1.26 bits per heavy atom. The van der Waals surface area contributed by atoms with Gasteiger partial charge in [0.25, 0.3) is 0 Å². The number of amides is 1. The van der Waals surface area contributed by atoms with Gasteiger partial charge < -0.3 is 5.73 Å². The third-order valence-electron chi connectivity index (χ3n) is 5.79. The lowest BCUT2D eigenvalue weighted by molar-refractivity contribution is -0.120. The van der Waals surface area contributed by atoms with E-state index in [9.17, 15) is 13.6 Å². The highest BCUT2D eigenvalue weighted by Gasteiger charge is 2.52. The molecule has 1 unspecified atom stereocenters. The molecule has 168 valence electrons. The summed E-state index contributed by atoms with van der Waals surface area (Å²) in [5.74, 6) is -2.07. The molecule has 1 aromatic heterocycles. The van der Waals surface area contributed by atoms with Gasteiger partial charge in [0.2, 0.25) is 5.91 Å². The normalized spacial score (nSPS) is 17.5. The Kier molecular flexibility index (Phi) is 7.84. The van der Waals surface area contributed by atoms with Crippen LogP contribution in [0.5, 0.6) is 0 Å². The molecule has 0 aliphatic heterocycles. The number of carbonyl (C=O) groups excluding carboxylic acids is 1. The zero-order valence-electron chi connectivity index (χ0n) is 17.2. The van der Waals surface area contributed by atoms with Crippen LogP contribution < -0.4 is 5.73 Å². The summed E-state index contributed by atoms with van der Waals surface area (Å²) in [5, 5.41) is -0.327. The van der Waals surface area contributed by atoms with Crippen molar-refractivity contribution in [3.8, 4) is 11.3 Å². The number of nitrogens with zero attached hydrogens (tertiary/aromatic N) is 1. The number of halogens is 5. The number of pyridine rings is 1. The van der Waals surface area contributed by atoms with Crippen LogP contribution in [0.25, 0.3) is 11.3 Å². The van der Waals surface area contributed by atoms with Gasteiger partial charge in [-0.1, -0.05) is 34.4 Å². The Hall–Kier alpha value is -1.00. The van der Waals surface area contributed by atoms with Gasteiger partial charge in [0, 0.05) is 34.6 Å². The maximum absolute atomic E-state index is 15.5. The van der Waals surface area contributed by atoms with Crippen LogP contribution in [0.2, 0.25) is 5.02 Å². The van der Waals surface area contributed by atoms with E-state index < -0.39 is 28.8 Å². The lowest BCUT2D eigenvalue weighted by Gasteiger charge is -2.21. The van der Waals surface area contributed by atoms with Crippen molar-refractivity contribution in [2.24, 2.45) is 11.7 Å².